The van der Waals surface area contributed by atoms with Crippen LogP contribution in [0.4, 0.5) is 4.39 Å². The Bertz CT molecular complexity index is 505. The van der Waals surface area contributed by atoms with E-state index in [1.165, 1.54) is 11.6 Å². The summed E-state index contributed by atoms with van der Waals surface area (Å²) >= 11 is 0. The van der Waals surface area contributed by atoms with Crippen LogP contribution >= 0.6 is 0 Å². The van der Waals surface area contributed by atoms with Gasteiger partial charge >= 0.3 is 0 Å². The van der Waals surface area contributed by atoms with Gasteiger partial charge in [-0.3, -0.25) is 0 Å². The van der Waals surface area contributed by atoms with Crippen molar-refractivity contribution in [1.29, 1.82) is 0 Å². The van der Waals surface area contributed by atoms with Gasteiger partial charge < -0.3 is 5.11 Å². The van der Waals surface area contributed by atoms with Gasteiger partial charge in [-0.2, -0.15) is 0 Å². The quantitative estimate of drug-likeness (QED) is 0.867. The van der Waals surface area contributed by atoms with E-state index in [1.54, 1.807) is 18.2 Å². The topological polar surface area (TPSA) is 20.2 Å². The molecule has 0 fully saturated rings. The first kappa shape index (κ1) is 12.8. The fraction of sp³-hybridized carbons (Fsp3) is 0.250. The summed E-state index contributed by atoms with van der Waals surface area (Å²) in [5, 5.41) is 9.98. The Balaban J connectivity index is 1.98. The fourth-order valence-corrected chi connectivity index (χ4v) is 1.96. The average molecular weight is 244 g/mol. The highest BCUT2D eigenvalue weighted by Gasteiger charge is 2.11. The molecule has 94 valence electrons. The summed E-state index contributed by atoms with van der Waals surface area (Å²) in [6, 6.07) is 14.6. The number of hydrogen-bond donors (Lipinski definition) is 1. The second kappa shape index (κ2) is 5.78. The van der Waals surface area contributed by atoms with E-state index in [9.17, 15) is 9.50 Å². The van der Waals surface area contributed by atoms with Gasteiger partial charge in [-0.25, -0.2) is 4.39 Å². The lowest BCUT2D eigenvalue weighted by molar-refractivity contribution is 0.163. The molecule has 1 atom stereocenters. The lowest BCUT2D eigenvalue weighted by Gasteiger charge is -2.11. The van der Waals surface area contributed by atoms with Crippen LogP contribution in [0.1, 0.15) is 29.2 Å². The summed E-state index contributed by atoms with van der Waals surface area (Å²) in [6.07, 6.45) is 0.535. The molecule has 1 nitrogen and oxygen atoms in total. The molecule has 2 heteroatoms. The highest BCUT2D eigenvalue weighted by molar-refractivity contribution is 5.23. The van der Waals surface area contributed by atoms with Gasteiger partial charge in [0.05, 0.1) is 6.10 Å². The molecule has 2 aromatic carbocycles. The Hall–Kier alpha value is -1.67. The monoisotopic (exact) mass is 244 g/mol. The first-order valence-electron chi connectivity index (χ1n) is 6.15. The Morgan fingerprint density at radius 3 is 2.39 bits per heavy atom. The summed E-state index contributed by atoms with van der Waals surface area (Å²) in [5.41, 5.74) is 2.76. The molecule has 0 heterocycles. The van der Waals surface area contributed by atoms with E-state index in [4.69, 9.17) is 0 Å². The lowest BCUT2D eigenvalue weighted by atomic mass is 10.0. The largest absolute Gasteiger partial charge is 0.388 e. The third-order valence-corrected chi connectivity index (χ3v) is 3.09. The minimum atomic E-state index is -0.743. The third kappa shape index (κ3) is 3.17. The highest BCUT2D eigenvalue weighted by Crippen LogP contribution is 2.21. The summed E-state index contributed by atoms with van der Waals surface area (Å²) in [6.45, 7) is 2.04. The van der Waals surface area contributed by atoms with Crippen molar-refractivity contribution in [3.63, 3.8) is 0 Å². The van der Waals surface area contributed by atoms with Gasteiger partial charge in [-0.05, 0) is 31.4 Å². The van der Waals surface area contributed by atoms with E-state index in [0.717, 1.165) is 12.0 Å². The van der Waals surface area contributed by atoms with Crippen LogP contribution in [0.2, 0.25) is 0 Å². The van der Waals surface area contributed by atoms with Crippen LogP contribution in [0.15, 0.2) is 48.5 Å². The summed E-state index contributed by atoms with van der Waals surface area (Å²) in [5.74, 6) is -0.339. The molecule has 1 unspecified atom stereocenters. The Kier molecular flexibility index (Phi) is 4.11. The normalized spacial score (nSPS) is 12.4. The van der Waals surface area contributed by atoms with Gasteiger partial charge in [-0.1, -0.05) is 48.0 Å². The predicted octanol–water partition coefficient (Wildman–Crippen LogP) is 3.80. The van der Waals surface area contributed by atoms with Gasteiger partial charge in [0.2, 0.25) is 0 Å². The van der Waals surface area contributed by atoms with Crippen LogP contribution in [-0.4, -0.2) is 5.11 Å². The molecule has 2 aromatic rings. The number of halogens is 1. The zero-order valence-corrected chi connectivity index (χ0v) is 10.4. The third-order valence-electron chi connectivity index (χ3n) is 3.09. The van der Waals surface area contributed by atoms with Crippen molar-refractivity contribution in [3.05, 3.63) is 71.0 Å². The molecular formula is C16H17FO. The average Bonchev–Trinajstić information content (AvgIpc) is 2.38. The molecule has 2 rings (SSSR count). The standard InChI is InChI=1S/C16H17FO/c1-12-6-8-13(9-7-12)10-11-16(18)14-4-2-3-5-15(14)17/h2-9,16,18H,10-11H2,1H3. The molecular weight excluding hydrogens is 227 g/mol. The molecule has 0 bridgehead atoms. The molecule has 0 aliphatic heterocycles. The number of hydrogen-bond acceptors (Lipinski definition) is 1. The van der Waals surface area contributed by atoms with Crippen molar-refractivity contribution in [1.82, 2.24) is 0 Å². The van der Waals surface area contributed by atoms with Crippen molar-refractivity contribution < 1.29 is 9.50 Å². The number of benzene rings is 2. The molecule has 0 spiro atoms. The Morgan fingerprint density at radius 2 is 1.72 bits per heavy atom. The van der Waals surface area contributed by atoms with Gasteiger partial charge in [0.1, 0.15) is 5.82 Å². The van der Waals surface area contributed by atoms with E-state index in [1.807, 2.05) is 31.2 Å². The second-order valence-electron chi connectivity index (χ2n) is 4.56. The van der Waals surface area contributed by atoms with Crippen LogP contribution < -0.4 is 0 Å². The van der Waals surface area contributed by atoms with Crippen LogP contribution in [0.3, 0.4) is 0 Å². The molecule has 0 radical (unpaired) electrons. The van der Waals surface area contributed by atoms with E-state index in [0.29, 0.717) is 12.0 Å². The molecule has 0 aliphatic carbocycles. The molecule has 0 aliphatic rings. The maximum Gasteiger partial charge on any atom is 0.128 e. The smallest absolute Gasteiger partial charge is 0.128 e. The summed E-state index contributed by atoms with van der Waals surface area (Å²) in [7, 11) is 0. The number of aliphatic hydroxyl groups excluding tert-OH is 1. The van der Waals surface area contributed by atoms with Gasteiger partial charge in [0.25, 0.3) is 0 Å². The maximum absolute atomic E-state index is 13.5. The van der Waals surface area contributed by atoms with E-state index in [2.05, 4.69) is 0 Å². The van der Waals surface area contributed by atoms with Gasteiger partial charge in [0.15, 0.2) is 0 Å². The fourth-order valence-electron chi connectivity index (χ4n) is 1.96. The SMILES string of the molecule is Cc1ccc(CCC(O)c2ccccc2F)cc1. The van der Waals surface area contributed by atoms with E-state index in [-0.39, 0.29) is 5.82 Å². The van der Waals surface area contributed by atoms with Gasteiger partial charge in [0, 0.05) is 5.56 Å². The van der Waals surface area contributed by atoms with Crippen LogP contribution in [0.25, 0.3) is 0 Å². The summed E-state index contributed by atoms with van der Waals surface area (Å²) < 4.78 is 13.5. The maximum atomic E-state index is 13.5. The Morgan fingerprint density at radius 1 is 1.06 bits per heavy atom. The molecule has 1 N–H and O–H groups in total. The summed E-state index contributed by atoms with van der Waals surface area (Å²) in [4.78, 5) is 0. The first-order valence-corrected chi connectivity index (χ1v) is 6.15. The lowest BCUT2D eigenvalue weighted by Crippen LogP contribution is -2.02. The van der Waals surface area contributed by atoms with E-state index < -0.39 is 6.10 Å². The number of aliphatic hydroxyl groups is 1. The van der Waals surface area contributed by atoms with Crippen molar-refractivity contribution in [2.75, 3.05) is 0 Å². The van der Waals surface area contributed by atoms with Crippen molar-refractivity contribution in [2.45, 2.75) is 25.9 Å². The molecule has 0 saturated heterocycles. The van der Waals surface area contributed by atoms with Crippen molar-refractivity contribution >= 4 is 0 Å². The van der Waals surface area contributed by atoms with Crippen molar-refractivity contribution in [3.8, 4) is 0 Å². The van der Waals surface area contributed by atoms with Gasteiger partial charge in [-0.15, -0.1) is 0 Å². The van der Waals surface area contributed by atoms with E-state index >= 15 is 0 Å². The molecule has 0 aromatic heterocycles. The minimum absolute atomic E-state index is 0.339. The minimum Gasteiger partial charge on any atom is -0.388 e. The molecule has 0 amide bonds. The number of rotatable bonds is 4. The Labute approximate surface area is 107 Å². The molecule has 18 heavy (non-hydrogen) atoms. The second-order valence-corrected chi connectivity index (χ2v) is 4.56. The van der Waals surface area contributed by atoms with Crippen LogP contribution in [-0.2, 0) is 6.42 Å². The zero-order valence-electron chi connectivity index (χ0n) is 10.4. The van der Waals surface area contributed by atoms with Crippen LogP contribution in [0, 0.1) is 12.7 Å². The first-order chi connectivity index (χ1) is 8.66. The molecule has 0 saturated carbocycles. The number of aryl methyl sites for hydroxylation is 2. The highest BCUT2D eigenvalue weighted by atomic mass is 19.1. The predicted molar refractivity (Wildman–Crippen MR) is 70.9 cm³/mol. The van der Waals surface area contributed by atoms with Crippen molar-refractivity contribution in [2.24, 2.45) is 0 Å². The van der Waals surface area contributed by atoms with Crippen LogP contribution in [0.5, 0.6) is 0 Å². The zero-order chi connectivity index (χ0) is 13.0.